The van der Waals surface area contributed by atoms with E-state index in [0.717, 1.165) is 10.0 Å². The van der Waals surface area contributed by atoms with E-state index in [2.05, 4.69) is 22.0 Å². The maximum atomic E-state index is 6.23. The summed E-state index contributed by atoms with van der Waals surface area (Å²) in [4.78, 5) is 0. The van der Waals surface area contributed by atoms with Crippen LogP contribution in [0.2, 0.25) is 0 Å². The molecule has 4 nitrogen and oxygen atoms in total. The van der Waals surface area contributed by atoms with E-state index in [1.807, 2.05) is 45.9 Å². The zero-order chi connectivity index (χ0) is 17.3. The number of methoxy groups -OCH3 is 2. The first-order valence-electron chi connectivity index (χ1n) is 7.86. The molecule has 0 aliphatic carbocycles. The first kappa shape index (κ1) is 18.9. The Morgan fingerprint density at radius 2 is 1.43 bits per heavy atom. The lowest BCUT2D eigenvalue weighted by molar-refractivity contribution is -0.132. The van der Waals surface area contributed by atoms with Gasteiger partial charge in [-0.2, -0.15) is 0 Å². The van der Waals surface area contributed by atoms with Crippen molar-refractivity contribution in [2.75, 3.05) is 14.2 Å². The van der Waals surface area contributed by atoms with Crippen molar-refractivity contribution < 1.29 is 18.9 Å². The van der Waals surface area contributed by atoms with Gasteiger partial charge in [0.15, 0.2) is 6.29 Å². The van der Waals surface area contributed by atoms with Crippen LogP contribution in [0, 0.1) is 0 Å². The average molecular weight is 387 g/mol. The molecular formula is C18H27BrO4. The fraction of sp³-hybridized carbons (Fsp3) is 0.667. The monoisotopic (exact) mass is 386 g/mol. The Balaban J connectivity index is 2.21. The summed E-state index contributed by atoms with van der Waals surface area (Å²) in [5.74, 6) is 0. The Bertz CT molecular complexity index is 506. The molecule has 23 heavy (non-hydrogen) atoms. The summed E-state index contributed by atoms with van der Waals surface area (Å²) >= 11 is 3.58. The van der Waals surface area contributed by atoms with Gasteiger partial charge in [-0.15, -0.1) is 0 Å². The first-order chi connectivity index (χ1) is 10.7. The molecule has 1 aliphatic heterocycles. The average Bonchev–Trinajstić information content (AvgIpc) is 2.95. The van der Waals surface area contributed by atoms with Gasteiger partial charge in [-0.25, -0.2) is 0 Å². The second-order valence-electron chi connectivity index (χ2n) is 6.95. The van der Waals surface area contributed by atoms with Crippen molar-refractivity contribution in [3.63, 3.8) is 0 Å². The van der Waals surface area contributed by atoms with Gasteiger partial charge < -0.3 is 18.9 Å². The molecule has 0 radical (unpaired) electrons. The lowest BCUT2D eigenvalue weighted by Gasteiger charge is -2.38. The van der Waals surface area contributed by atoms with E-state index in [9.17, 15) is 0 Å². The van der Waals surface area contributed by atoms with Crippen LogP contribution >= 0.6 is 15.9 Å². The van der Waals surface area contributed by atoms with Gasteiger partial charge >= 0.3 is 0 Å². The van der Waals surface area contributed by atoms with Gasteiger partial charge in [0.05, 0.1) is 11.2 Å². The summed E-state index contributed by atoms with van der Waals surface area (Å²) in [6, 6.07) is 8.11. The lowest BCUT2D eigenvalue weighted by atomic mass is 9.87. The van der Waals surface area contributed by atoms with Crippen molar-refractivity contribution in [1.29, 1.82) is 0 Å². The molecule has 1 fully saturated rings. The number of rotatable bonds is 6. The number of ether oxygens (including phenoxy) is 4. The summed E-state index contributed by atoms with van der Waals surface area (Å²) in [7, 11) is 3.39. The molecule has 2 rings (SSSR count). The Morgan fingerprint density at radius 1 is 0.957 bits per heavy atom. The van der Waals surface area contributed by atoms with Crippen molar-refractivity contribution in [2.24, 2.45) is 0 Å². The Kier molecular flexibility index (Phi) is 5.90. The van der Waals surface area contributed by atoms with Crippen molar-refractivity contribution in [3.8, 4) is 0 Å². The van der Waals surface area contributed by atoms with Crippen molar-refractivity contribution in [3.05, 3.63) is 34.3 Å². The van der Waals surface area contributed by atoms with E-state index < -0.39 is 11.2 Å². The van der Waals surface area contributed by atoms with Crippen molar-refractivity contribution in [2.45, 2.75) is 63.8 Å². The molecule has 2 atom stereocenters. The van der Waals surface area contributed by atoms with E-state index in [-0.39, 0.29) is 18.5 Å². The fourth-order valence-electron chi connectivity index (χ4n) is 2.73. The molecule has 0 unspecified atom stereocenters. The van der Waals surface area contributed by atoms with Gasteiger partial charge in [0.25, 0.3) is 0 Å². The van der Waals surface area contributed by atoms with Crippen LogP contribution in [0.3, 0.4) is 0 Å². The van der Waals surface area contributed by atoms with Gasteiger partial charge in [-0.1, -0.05) is 34.1 Å². The minimum atomic E-state index is -0.469. The second kappa shape index (κ2) is 7.19. The molecule has 1 saturated heterocycles. The molecule has 0 saturated carbocycles. The highest BCUT2D eigenvalue weighted by Gasteiger charge is 2.52. The van der Waals surface area contributed by atoms with E-state index in [1.165, 1.54) is 0 Å². The lowest BCUT2D eigenvalue weighted by Crippen LogP contribution is -2.53. The SMILES string of the molecule is COC(C)(C)[C@@H]1OC(Cc2ccccc2Br)O[C@H]1C(C)(C)OC. The normalized spacial score (nSPS) is 23.4. The van der Waals surface area contributed by atoms with Gasteiger partial charge in [0.2, 0.25) is 0 Å². The molecular weight excluding hydrogens is 360 g/mol. The Hall–Kier alpha value is -0.460. The molecule has 1 heterocycles. The highest BCUT2D eigenvalue weighted by atomic mass is 79.9. The zero-order valence-corrected chi connectivity index (χ0v) is 16.3. The third kappa shape index (κ3) is 4.15. The maximum Gasteiger partial charge on any atom is 0.162 e. The van der Waals surface area contributed by atoms with Crippen molar-refractivity contribution in [1.82, 2.24) is 0 Å². The number of hydrogen-bond acceptors (Lipinski definition) is 4. The molecule has 1 aromatic carbocycles. The van der Waals surface area contributed by atoms with Gasteiger partial charge in [-0.05, 0) is 39.3 Å². The van der Waals surface area contributed by atoms with E-state index in [4.69, 9.17) is 18.9 Å². The molecule has 1 aromatic rings. The van der Waals surface area contributed by atoms with Crippen LogP contribution in [0.25, 0.3) is 0 Å². The second-order valence-corrected chi connectivity index (χ2v) is 7.81. The van der Waals surface area contributed by atoms with Crippen molar-refractivity contribution >= 4 is 15.9 Å². The van der Waals surface area contributed by atoms with Crippen LogP contribution in [-0.4, -0.2) is 43.9 Å². The van der Waals surface area contributed by atoms with Gasteiger partial charge in [0, 0.05) is 25.1 Å². The summed E-state index contributed by atoms with van der Waals surface area (Å²) in [5.41, 5.74) is 0.217. The largest absolute Gasteiger partial charge is 0.376 e. The molecule has 0 amide bonds. The van der Waals surface area contributed by atoms with Crippen LogP contribution in [-0.2, 0) is 25.4 Å². The standard InChI is InChI=1S/C18H27BrO4/c1-17(2,20-5)15-16(18(3,4)21-6)23-14(22-15)11-12-9-7-8-10-13(12)19/h7-10,14-16H,11H2,1-6H3/t15-,16-/m1/s1. The van der Waals surface area contributed by atoms with Crippen LogP contribution in [0.5, 0.6) is 0 Å². The minimum Gasteiger partial charge on any atom is -0.376 e. The third-order valence-electron chi connectivity index (χ3n) is 4.64. The van der Waals surface area contributed by atoms with Gasteiger partial charge in [0.1, 0.15) is 12.2 Å². The first-order valence-corrected chi connectivity index (χ1v) is 8.65. The quantitative estimate of drug-likeness (QED) is 0.741. The fourth-order valence-corrected chi connectivity index (χ4v) is 3.18. The molecule has 0 bridgehead atoms. The summed E-state index contributed by atoms with van der Waals surface area (Å²) in [6.07, 6.45) is -0.0778. The van der Waals surface area contributed by atoms with E-state index in [1.54, 1.807) is 14.2 Å². The molecule has 130 valence electrons. The van der Waals surface area contributed by atoms with Crippen LogP contribution < -0.4 is 0 Å². The van der Waals surface area contributed by atoms with E-state index in [0.29, 0.717) is 6.42 Å². The highest BCUT2D eigenvalue weighted by molar-refractivity contribution is 9.10. The molecule has 5 heteroatoms. The van der Waals surface area contributed by atoms with Crippen LogP contribution in [0.1, 0.15) is 33.3 Å². The third-order valence-corrected chi connectivity index (χ3v) is 5.41. The highest BCUT2D eigenvalue weighted by Crippen LogP contribution is 2.37. The summed E-state index contributed by atoms with van der Waals surface area (Å²) in [5, 5.41) is 0. The summed E-state index contributed by atoms with van der Waals surface area (Å²) < 4.78 is 24.8. The molecule has 0 aromatic heterocycles. The Morgan fingerprint density at radius 3 is 1.87 bits per heavy atom. The summed E-state index contributed by atoms with van der Waals surface area (Å²) in [6.45, 7) is 8.06. The van der Waals surface area contributed by atoms with Crippen LogP contribution in [0.15, 0.2) is 28.7 Å². The van der Waals surface area contributed by atoms with E-state index >= 15 is 0 Å². The molecule has 0 spiro atoms. The minimum absolute atomic E-state index is 0.213. The predicted molar refractivity (Wildman–Crippen MR) is 93.6 cm³/mol. The Labute approximate surface area is 147 Å². The predicted octanol–water partition coefficient (Wildman–Crippen LogP) is 3.95. The molecule has 0 N–H and O–H groups in total. The zero-order valence-electron chi connectivity index (χ0n) is 14.8. The molecule has 1 aliphatic rings. The maximum absolute atomic E-state index is 6.23. The number of benzene rings is 1. The van der Waals surface area contributed by atoms with Crippen LogP contribution in [0.4, 0.5) is 0 Å². The number of hydrogen-bond donors (Lipinski definition) is 0. The van der Waals surface area contributed by atoms with Gasteiger partial charge in [-0.3, -0.25) is 0 Å². The topological polar surface area (TPSA) is 36.9 Å². The number of halogens is 1. The smallest absolute Gasteiger partial charge is 0.162 e.